The molecule has 0 radical (unpaired) electrons. The van der Waals surface area contributed by atoms with Gasteiger partial charge < -0.3 is 15.4 Å². The van der Waals surface area contributed by atoms with Crippen LogP contribution in [0.2, 0.25) is 0 Å². The summed E-state index contributed by atoms with van der Waals surface area (Å²) in [6.45, 7) is 7.03. The Hall–Kier alpha value is -1.56. The van der Waals surface area contributed by atoms with Gasteiger partial charge in [-0.1, -0.05) is 13.8 Å². The summed E-state index contributed by atoms with van der Waals surface area (Å²) < 4.78 is 5.09. The number of anilines is 1. The molecule has 0 aliphatic heterocycles. The van der Waals surface area contributed by atoms with E-state index in [9.17, 15) is 4.79 Å². The lowest BCUT2D eigenvalue weighted by Crippen LogP contribution is -2.42. The fraction of sp³-hybridized carbons (Fsp3) is 0.692. The van der Waals surface area contributed by atoms with E-state index in [1.165, 1.54) is 0 Å². The van der Waals surface area contributed by atoms with Crippen LogP contribution in [0.25, 0.3) is 0 Å². The molecule has 0 saturated carbocycles. The molecule has 0 aliphatic carbocycles. The lowest BCUT2D eigenvalue weighted by atomic mass is 10.1. The Morgan fingerprint density at radius 3 is 2.53 bits per heavy atom. The molecule has 0 unspecified atom stereocenters. The number of hydrogen-bond acceptors (Lipinski definition) is 4. The Kier molecular flexibility index (Phi) is 5.82. The van der Waals surface area contributed by atoms with Crippen LogP contribution in [0, 0.1) is 6.92 Å². The third-order valence-corrected chi connectivity index (χ3v) is 3.37. The number of methoxy groups -OCH3 is 1. The molecule has 0 bridgehead atoms. The Morgan fingerprint density at radius 2 is 2.11 bits per heavy atom. The van der Waals surface area contributed by atoms with Crippen molar-refractivity contribution in [3.8, 4) is 0 Å². The Labute approximate surface area is 114 Å². The number of aryl methyl sites for hydroxylation is 1. The highest BCUT2D eigenvalue weighted by molar-refractivity contribution is 5.99. The molecule has 1 rings (SSSR count). The van der Waals surface area contributed by atoms with Gasteiger partial charge in [0.25, 0.3) is 5.91 Å². The van der Waals surface area contributed by atoms with Crippen molar-refractivity contribution < 1.29 is 9.53 Å². The van der Waals surface area contributed by atoms with Crippen molar-refractivity contribution in [2.45, 2.75) is 39.7 Å². The number of H-pyrrole nitrogens is 1. The first kappa shape index (κ1) is 15.5. The first-order valence-corrected chi connectivity index (χ1v) is 6.67. The molecular formula is C13H24N4O2. The number of hydrogen-bond donors (Lipinski definition) is 2. The van der Waals surface area contributed by atoms with Crippen LogP contribution < -0.4 is 5.73 Å². The molecule has 0 aromatic carbocycles. The maximum atomic E-state index is 12.6. The Balaban J connectivity index is 3.00. The zero-order chi connectivity index (χ0) is 14.4. The highest BCUT2D eigenvalue weighted by atomic mass is 16.5. The van der Waals surface area contributed by atoms with Gasteiger partial charge in [-0.15, -0.1) is 0 Å². The lowest BCUT2D eigenvalue weighted by Gasteiger charge is -2.30. The highest BCUT2D eigenvalue weighted by Gasteiger charge is 2.26. The molecular weight excluding hydrogens is 244 g/mol. The second-order valence-electron chi connectivity index (χ2n) is 4.57. The van der Waals surface area contributed by atoms with E-state index in [0.29, 0.717) is 24.4 Å². The van der Waals surface area contributed by atoms with E-state index >= 15 is 0 Å². The molecule has 0 fully saturated rings. The minimum atomic E-state index is -0.0745. The molecule has 108 valence electrons. The van der Waals surface area contributed by atoms with Crippen molar-refractivity contribution in [3.63, 3.8) is 0 Å². The normalized spacial score (nSPS) is 11.0. The smallest absolute Gasteiger partial charge is 0.259 e. The number of nitrogen functional groups attached to an aromatic ring is 1. The molecule has 6 nitrogen and oxygen atoms in total. The summed E-state index contributed by atoms with van der Waals surface area (Å²) in [6, 6.07) is 0.191. The topological polar surface area (TPSA) is 84.2 Å². The molecule has 3 N–H and O–H groups in total. The molecule has 6 heteroatoms. The molecule has 0 atom stereocenters. The Morgan fingerprint density at radius 1 is 1.47 bits per heavy atom. The second kappa shape index (κ2) is 7.13. The molecule has 0 aliphatic rings. The van der Waals surface area contributed by atoms with E-state index in [2.05, 4.69) is 24.0 Å². The van der Waals surface area contributed by atoms with Crippen molar-refractivity contribution >= 4 is 11.7 Å². The zero-order valence-electron chi connectivity index (χ0n) is 12.2. The molecule has 0 saturated heterocycles. The number of rotatable bonds is 7. The van der Waals surface area contributed by atoms with Gasteiger partial charge in [-0.05, 0) is 19.8 Å². The maximum Gasteiger partial charge on any atom is 0.259 e. The number of nitrogens with zero attached hydrogens (tertiary/aromatic N) is 2. The number of ether oxygens (including phenoxy) is 1. The van der Waals surface area contributed by atoms with Crippen LogP contribution in [0.3, 0.4) is 0 Å². The van der Waals surface area contributed by atoms with Gasteiger partial charge in [-0.3, -0.25) is 9.89 Å². The minimum Gasteiger partial charge on any atom is -0.383 e. The largest absolute Gasteiger partial charge is 0.383 e. The summed E-state index contributed by atoms with van der Waals surface area (Å²) in [5, 5.41) is 6.63. The van der Waals surface area contributed by atoms with Crippen LogP contribution in [0.5, 0.6) is 0 Å². The van der Waals surface area contributed by atoms with Crippen molar-refractivity contribution in [3.05, 3.63) is 11.3 Å². The van der Waals surface area contributed by atoms with Crippen LogP contribution in [-0.2, 0) is 4.74 Å². The first-order chi connectivity index (χ1) is 9.06. The first-order valence-electron chi connectivity index (χ1n) is 6.67. The van der Waals surface area contributed by atoms with Crippen LogP contribution in [-0.4, -0.2) is 47.3 Å². The van der Waals surface area contributed by atoms with E-state index in [1.807, 2.05) is 4.90 Å². The summed E-state index contributed by atoms with van der Waals surface area (Å²) in [6.07, 6.45) is 1.81. The number of carbonyl (C=O) groups is 1. The van der Waals surface area contributed by atoms with Gasteiger partial charge in [0.05, 0.1) is 6.61 Å². The summed E-state index contributed by atoms with van der Waals surface area (Å²) >= 11 is 0. The summed E-state index contributed by atoms with van der Waals surface area (Å²) in [5.74, 6) is 0.186. The average molecular weight is 268 g/mol. The molecule has 19 heavy (non-hydrogen) atoms. The monoisotopic (exact) mass is 268 g/mol. The minimum absolute atomic E-state index is 0.0745. The van der Waals surface area contributed by atoms with Gasteiger partial charge in [0, 0.05) is 25.4 Å². The number of nitrogens with one attached hydrogen (secondary N) is 1. The summed E-state index contributed by atoms with van der Waals surface area (Å²) in [4.78, 5) is 14.5. The quantitative estimate of drug-likeness (QED) is 0.786. The fourth-order valence-corrected chi connectivity index (χ4v) is 2.23. The van der Waals surface area contributed by atoms with Crippen LogP contribution in [0.4, 0.5) is 5.82 Å². The zero-order valence-corrected chi connectivity index (χ0v) is 12.2. The van der Waals surface area contributed by atoms with Gasteiger partial charge in [0.2, 0.25) is 0 Å². The lowest BCUT2D eigenvalue weighted by molar-refractivity contribution is 0.0590. The van der Waals surface area contributed by atoms with Crippen molar-refractivity contribution in [1.29, 1.82) is 0 Å². The van der Waals surface area contributed by atoms with Gasteiger partial charge >= 0.3 is 0 Å². The van der Waals surface area contributed by atoms with E-state index in [0.717, 1.165) is 12.8 Å². The van der Waals surface area contributed by atoms with E-state index in [1.54, 1.807) is 14.0 Å². The Bertz CT molecular complexity index is 393. The van der Waals surface area contributed by atoms with Gasteiger partial charge in [0.1, 0.15) is 5.56 Å². The molecule has 0 spiro atoms. The number of carbonyl (C=O) groups excluding carboxylic acids is 1. The molecule has 1 aromatic rings. The van der Waals surface area contributed by atoms with Gasteiger partial charge in [-0.25, -0.2) is 0 Å². The number of aromatic amines is 1. The fourth-order valence-electron chi connectivity index (χ4n) is 2.23. The van der Waals surface area contributed by atoms with Crippen molar-refractivity contribution in [2.75, 3.05) is 26.0 Å². The summed E-state index contributed by atoms with van der Waals surface area (Å²) in [5.41, 5.74) is 6.95. The third-order valence-electron chi connectivity index (χ3n) is 3.37. The van der Waals surface area contributed by atoms with Crippen LogP contribution >= 0.6 is 0 Å². The standard InChI is InChI=1S/C13H24N4O2/c1-5-10(6-2)17(7-8-19-4)13(18)11-9(3)15-16-12(11)14/h10H,5-8H2,1-4H3,(H3,14,15,16). The average Bonchev–Trinajstić information content (AvgIpc) is 2.73. The van der Waals surface area contributed by atoms with E-state index < -0.39 is 0 Å². The predicted octanol–water partition coefficient (Wildman–Crippen LogP) is 1.58. The predicted molar refractivity (Wildman–Crippen MR) is 75.0 cm³/mol. The molecule has 1 aromatic heterocycles. The van der Waals surface area contributed by atoms with Crippen LogP contribution in [0.15, 0.2) is 0 Å². The van der Waals surface area contributed by atoms with Crippen LogP contribution in [0.1, 0.15) is 42.7 Å². The van der Waals surface area contributed by atoms with E-state index in [4.69, 9.17) is 10.5 Å². The third kappa shape index (κ3) is 3.47. The van der Waals surface area contributed by atoms with Gasteiger partial charge in [0.15, 0.2) is 5.82 Å². The number of nitrogens with two attached hydrogens (primary N) is 1. The van der Waals surface area contributed by atoms with Gasteiger partial charge in [-0.2, -0.15) is 5.10 Å². The van der Waals surface area contributed by atoms with E-state index in [-0.39, 0.29) is 17.8 Å². The molecule has 1 amide bonds. The number of amides is 1. The van der Waals surface area contributed by atoms with Crippen molar-refractivity contribution in [2.24, 2.45) is 0 Å². The second-order valence-corrected chi connectivity index (χ2v) is 4.57. The number of aromatic nitrogens is 2. The SMILES string of the molecule is CCC(CC)N(CCOC)C(=O)c1c(N)n[nH]c1C. The highest BCUT2D eigenvalue weighted by Crippen LogP contribution is 2.19. The summed E-state index contributed by atoms with van der Waals surface area (Å²) in [7, 11) is 1.63. The maximum absolute atomic E-state index is 12.6. The molecule has 1 heterocycles. The van der Waals surface area contributed by atoms with Crippen molar-refractivity contribution in [1.82, 2.24) is 15.1 Å².